The first-order valence-electron chi connectivity index (χ1n) is 5.31. The van der Waals surface area contributed by atoms with Gasteiger partial charge >= 0.3 is 11.5 Å². The van der Waals surface area contributed by atoms with E-state index in [1.165, 1.54) is 18.2 Å². The number of rotatable bonds is 2. The van der Waals surface area contributed by atoms with Gasteiger partial charge in [-0.3, -0.25) is 0 Å². The van der Waals surface area contributed by atoms with Gasteiger partial charge in [-0.2, -0.15) is 13.2 Å². The first-order valence-corrected chi connectivity index (χ1v) is 6.13. The quantitative estimate of drug-likeness (QED) is 0.668. The van der Waals surface area contributed by atoms with E-state index < -0.39 is 11.5 Å². The Bertz CT molecular complexity index is 538. The molecule has 0 aromatic heterocycles. The molecule has 1 aromatic carbocycles. The average molecular weight is 290 g/mol. The summed E-state index contributed by atoms with van der Waals surface area (Å²) in [4.78, 5) is 10.7. The van der Waals surface area contributed by atoms with E-state index in [0.29, 0.717) is 17.6 Å². The Balaban J connectivity index is 2.33. The molecule has 102 valence electrons. The highest BCUT2D eigenvalue weighted by Crippen LogP contribution is 2.41. The minimum atomic E-state index is -4.36. The van der Waals surface area contributed by atoms with E-state index in [9.17, 15) is 18.0 Å². The van der Waals surface area contributed by atoms with Gasteiger partial charge in [0.2, 0.25) is 0 Å². The molecule has 0 radical (unpaired) electrons. The molecule has 0 spiro atoms. The monoisotopic (exact) mass is 290 g/mol. The Morgan fingerprint density at radius 3 is 2.79 bits per heavy atom. The smallest absolute Gasteiger partial charge is 0.446 e. The summed E-state index contributed by atoms with van der Waals surface area (Å²) in [6.45, 7) is 0.256. The van der Waals surface area contributed by atoms with E-state index in [1.807, 2.05) is 0 Å². The average Bonchev–Trinajstić information content (AvgIpc) is 2.26. The summed E-state index contributed by atoms with van der Waals surface area (Å²) in [6.07, 6.45) is 1.48. The van der Waals surface area contributed by atoms with Crippen molar-refractivity contribution in [2.45, 2.75) is 16.8 Å². The standard InChI is InChI=1S/C12H9F3O3S/c13-12(14,15)19-8-1-2-9-7(5-11(16)17)3-4-18-10(9)6-8/h1-2,5-6H,3-4H2,(H,16,17)/b7-5+. The molecule has 0 unspecified atom stereocenters. The molecular formula is C12H9F3O3S. The van der Waals surface area contributed by atoms with Crippen molar-refractivity contribution in [2.75, 3.05) is 6.61 Å². The molecular weight excluding hydrogens is 281 g/mol. The molecule has 0 saturated heterocycles. The second-order valence-electron chi connectivity index (χ2n) is 3.81. The molecule has 2 rings (SSSR count). The highest BCUT2D eigenvalue weighted by atomic mass is 32.2. The van der Waals surface area contributed by atoms with E-state index in [-0.39, 0.29) is 29.0 Å². The van der Waals surface area contributed by atoms with Gasteiger partial charge in [0.1, 0.15) is 5.75 Å². The van der Waals surface area contributed by atoms with Crippen molar-refractivity contribution in [1.29, 1.82) is 0 Å². The third-order valence-corrected chi connectivity index (χ3v) is 3.18. The fourth-order valence-corrected chi connectivity index (χ4v) is 2.36. The van der Waals surface area contributed by atoms with Gasteiger partial charge in [0.05, 0.1) is 6.61 Å². The van der Waals surface area contributed by atoms with Crippen LogP contribution < -0.4 is 4.74 Å². The number of carboxylic acid groups (broad SMARTS) is 1. The minimum Gasteiger partial charge on any atom is -0.493 e. The molecule has 1 heterocycles. The number of benzene rings is 1. The summed E-state index contributed by atoms with van der Waals surface area (Å²) in [5.41, 5.74) is -3.28. The van der Waals surface area contributed by atoms with Crippen LogP contribution in [0.15, 0.2) is 29.2 Å². The number of carbonyl (C=O) groups is 1. The summed E-state index contributed by atoms with van der Waals surface area (Å²) >= 11 is -0.227. The number of thioether (sulfide) groups is 1. The van der Waals surface area contributed by atoms with Gasteiger partial charge in [-0.25, -0.2) is 4.79 Å². The Morgan fingerprint density at radius 2 is 2.16 bits per heavy atom. The summed E-state index contributed by atoms with van der Waals surface area (Å²) in [7, 11) is 0. The Hall–Kier alpha value is -1.63. The van der Waals surface area contributed by atoms with Crippen LogP contribution in [0, 0.1) is 0 Å². The first kappa shape index (κ1) is 13.8. The predicted molar refractivity (Wildman–Crippen MR) is 64.1 cm³/mol. The Morgan fingerprint density at radius 1 is 1.42 bits per heavy atom. The number of hydrogen-bond donors (Lipinski definition) is 1. The zero-order chi connectivity index (χ0) is 14.0. The largest absolute Gasteiger partial charge is 0.493 e. The van der Waals surface area contributed by atoms with Crippen molar-refractivity contribution in [1.82, 2.24) is 0 Å². The zero-order valence-electron chi connectivity index (χ0n) is 9.53. The molecule has 0 atom stereocenters. The lowest BCUT2D eigenvalue weighted by Crippen LogP contribution is -2.09. The number of halogens is 3. The maximum absolute atomic E-state index is 12.3. The lowest BCUT2D eigenvalue weighted by molar-refractivity contribution is -0.131. The number of fused-ring (bicyclic) bond motifs is 1. The normalized spacial score (nSPS) is 16.9. The highest BCUT2D eigenvalue weighted by Gasteiger charge is 2.30. The molecule has 1 aliphatic heterocycles. The molecule has 0 aliphatic carbocycles. The molecule has 0 bridgehead atoms. The van der Waals surface area contributed by atoms with E-state index in [1.54, 1.807) is 0 Å². The van der Waals surface area contributed by atoms with Crippen molar-refractivity contribution in [2.24, 2.45) is 0 Å². The van der Waals surface area contributed by atoms with Crippen LogP contribution in [0.3, 0.4) is 0 Å². The van der Waals surface area contributed by atoms with E-state index in [0.717, 1.165) is 6.08 Å². The maximum atomic E-state index is 12.3. The molecule has 7 heteroatoms. The van der Waals surface area contributed by atoms with Crippen LogP contribution in [0.25, 0.3) is 5.57 Å². The lowest BCUT2D eigenvalue weighted by Gasteiger charge is -2.20. The SMILES string of the molecule is O=C(O)/C=C1\CCOc2cc(SC(F)(F)F)ccc21. The van der Waals surface area contributed by atoms with Gasteiger partial charge in [0.15, 0.2) is 0 Å². The topological polar surface area (TPSA) is 46.5 Å². The van der Waals surface area contributed by atoms with Crippen LogP contribution in [0.1, 0.15) is 12.0 Å². The summed E-state index contributed by atoms with van der Waals surface area (Å²) in [5, 5.41) is 8.73. The Labute approximate surface area is 111 Å². The number of carboxylic acids is 1. The molecule has 0 saturated carbocycles. The van der Waals surface area contributed by atoms with Crippen molar-refractivity contribution < 1.29 is 27.8 Å². The third kappa shape index (κ3) is 3.66. The van der Waals surface area contributed by atoms with E-state index in [2.05, 4.69) is 0 Å². The van der Waals surface area contributed by atoms with Crippen molar-refractivity contribution in [3.63, 3.8) is 0 Å². The molecule has 0 fully saturated rings. The van der Waals surface area contributed by atoms with E-state index >= 15 is 0 Å². The molecule has 1 aromatic rings. The van der Waals surface area contributed by atoms with Gasteiger partial charge in [0, 0.05) is 23.0 Å². The highest BCUT2D eigenvalue weighted by molar-refractivity contribution is 8.00. The van der Waals surface area contributed by atoms with Crippen LogP contribution in [0.4, 0.5) is 13.2 Å². The summed E-state index contributed by atoms with van der Waals surface area (Å²) in [6, 6.07) is 4.04. The lowest BCUT2D eigenvalue weighted by atomic mass is 9.99. The molecule has 0 amide bonds. The number of hydrogen-bond acceptors (Lipinski definition) is 3. The van der Waals surface area contributed by atoms with Crippen LogP contribution in [0.5, 0.6) is 5.75 Å². The maximum Gasteiger partial charge on any atom is 0.446 e. The van der Waals surface area contributed by atoms with Gasteiger partial charge in [0.25, 0.3) is 0 Å². The number of ether oxygens (including phenoxy) is 1. The van der Waals surface area contributed by atoms with Crippen LogP contribution in [-0.4, -0.2) is 23.2 Å². The van der Waals surface area contributed by atoms with Crippen LogP contribution >= 0.6 is 11.8 Å². The fourth-order valence-electron chi connectivity index (χ4n) is 1.79. The second kappa shape index (κ2) is 5.16. The first-order chi connectivity index (χ1) is 8.85. The molecule has 19 heavy (non-hydrogen) atoms. The second-order valence-corrected chi connectivity index (χ2v) is 4.95. The Kier molecular flexibility index (Phi) is 3.75. The van der Waals surface area contributed by atoms with Gasteiger partial charge < -0.3 is 9.84 Å². The van der Waals surface area contributed by atoms with Crippen molar-refractivity contribution in [3.8, 4) is 5.75 Å². The van der Waals surface area contributed by atoms with Crippen molar-refractivity contribution >= 4 is 23.3 Å². The molecule has 3 nitrogen and oxygen atoms in total. The van der Waals surface area contributed by atoms with Crippen molar-refractivity contribution in [3.05, 3.63) is 29.8 Å². The van der Waals surface area contributed by atoms with E-state index in [4.69, 9.17) is 9.84 Å². The molecule has 1 N–H and O–H groups in total. The summed E-state index contributed by atoms with van der Waals surface area (Å²) in [5.74, 6) is -0.801. The van der Waals surface area contributed by atoms with Gasteiger partial charge in [-0.1, -0.05) is 0 Å². The third-order valence-electron chi connectivity index (χ3n) is 2.46. The van der Waals surface area contributed by atoms with Crippen LogP contribution in [-0.2, 0) is 4.79 Å². The summed E-state index contributed by atoms with van der Waals surface area (Å²) < 4.78 is 42.0. The number of alkyl halides is 3. The van der Waals surface area contributed by atoms with Gasteiger partial charge in [-0.15, -0.1) is 0 Å². The van der Waals surface area contributed by atoms with Gasteiger partial charge in [-0.05, 0) is 35.5 Å². The fraction of sp³-hybridized carbons (Fsp3) is 0.250. The molecule has 1 aliphatic rings. The minimum absolute atomic E-state index is 0.0165. The zero-order valence-corrected chi connectivity index (χ0v) is 10.3. The predicted octanol–water partition coefficient (Wildman–Crippen LogP) is 3.55. The number of aliphatic carboxylic acids is 1. The van der Waals surface area contributed by atoms with Crippen LogP contribution in [0.2, 0.25) is 0 Å².